The van der Waals surface area contributed by atoms with E-state index >= 15 is 0 Å². The zero-order valence-electron chi connectivity index (χ0n) is 13.6. The molecule has 4 nitrogen and oxygen atoms in total. The van der Waals surface area contributed by atoms with Crippen molar-refractivity contribution >= 4 is 0 Å². The third-order valence-electron chi connectivity index (χ3n) is 3.71. The number of rotatable bonds is 7. The summed E-state index contributed by atoms with van der Waals surface area (Å²) >= 11 is 0. The molecule has 1 aromatic heterocycles. The topological polar surface area (TPSA) is 42.7 Å². The van der Waals surface area contributed by atoms with Crippen molar-refractivity contribution in [1.29, 1.82) is 0 Å². The fourth-order valence-electron chi connectivity index (χ4n) is 2.49. The molecule has 0 fully saturated rings. The summed E-state index contributed by atoms with van der Waals surface area (Å²) in [5.74, 6) is 2.01. The van der Waals surface area contributed by atoms with Crippen molar-refractivity contribution in [3.63, 3.8) is 0 Å². The lowest BCUT2D eigenvalue weighted by Gasteiger charge is -2.19. The van der Waals surface area contributed by atoms with Crippen LogP contribution >= 0.6 is 0 Å². The molecular formula is C17H26N4. The van der Waals surface area contributed by atoms with Gasteiger partial charge in [-0.2, -0.15) is 5.10 Å². The summed E-state index contributed by atoms with van der Waals surface area (Å²) in [6.07, 6.45) is 1.80. The number of likely N-dealkylation sites (N-methyl/N-ethyl adjacent to an activating group) is 1. The molecule has 0 saturated carbocycles. The van der Waals surface area contributed by atoms with Crippen molar-refractivity contribution in [3.8, 4) is 0 Å². The molecule has 1 atom stereocenters. The first-order chi connectivity index (χ1) is 10.2. The van der Waals surface area contributed by atoms with Gasteiger partial charge in [0.1, 0.15) is 5.82 Å². The van der Waals surface area contributed by atoms with Crippen LogP contribution in [0.2, 0.25) is 0 Å². The lowest BCUT2D eigenvalue weighted by atomic mass is 10.1. The van der Waals surface area contributed by atoms with E-state index in [9.17, 15) is 0 Å². The van der Waals surface area contributed by atoms with E-state index in [0.29, 0.717) is 0 Å². The predicted molar refractivity (Wildman–Crippen MR) is 86.4 cm³/mol. The number of hydrogen-bond donors (Lipinski definition) is 1. The number of aromatic nitrogens is 3. The van der Waals surface area contributed by atoms with Gasteiger partial charge in [-0.3, -0.25) is 0 Å². The highest BCUT2D eigenvalue weighted by molar-refractivity contribution is 5.24. The molecule has 1 heterocycles. The monoisotopic (exact) mass is 286 g/mol. The van der Waals surface area contributed by atoms with Crippen molar-refractivity contribution in [3.05, 3.63) is 47.0 Å². The van der Waals surface area contributed by atoms with E-state index in [4.69, 9.17) is 0 Å². The molecule has 0 radical (unpaired) electrons. The standard InChI is InChI=1S/C17H26N4/c1-5-16-19-17(6-2)21(20-16)12-15(18-7-3)14-10-8-13(4)9-11-14/h8-11,15,18H,5-7,12H2,1-4H3. The summed E-state index contributed by atoms with van der Waals surface area (Å²) in [6, 6.07) is 9.00. The Balaban J connectivity index is 2.23. The molecule has 1 unspecified atom stereocenters. The second-order valence-corrected chi connectivity index (χ2v) is 5.35. The molecule has 2 aromatic rings. The Kier molecular flexibility index (Phi) is 5.51. The van der Waals surface area contributed by atoms with E-state index in [0.717, 1.165) is 37.6 Å². The summed E-state index contributed by atoms with van der Waals surface area (Å²) in [5.41, 5.74) is 2.59. The van der Waals surface area contributed by atoms with Gasteiger partial charge in [0.2, 0.25) is 0 Å². The minimum atomic E-state index is 0.271. The molecule has 1 N–H and O–H groups in total. The van der Waals surface area contributed by atoms with Crippen molar-refractivity contribution in [1.82, 2.24) is 20.1 Å². The normalized spacial score (nSPS) is 12.6. The van der Waals surface area contributed by atoms with Gasteiger partial charge in [0.25, 0.3) is 0 Å². The molecule has 0 aliphatic carbocycles. The largest absolute Gasteiger partial charge is 0.309 e. The molecule has 4 heteroatoms. The number of nitrogens with one attached hydrogen (secondary N) is 1. The molecule has 0 aliphatic heterocycles. The first-order valence-electron chi connectivity index (χ1n) is 7.90. The molecule has 2 rings (SSSR count). The van der Waals surface area contributed by atoms with E-state index in [-0.39, 0.29) is 6.04 Å². The van der Waals surface area contributed by atoms with E-state index in [1.165, 1.54) is 11.1 Å². The number of benzene rings is 1. The van der Waals surface area contributed by atoms with Gasteiger partial charge in [-0.25, -0.2) is 9.67 Å². The van der Waals surface area contributed by atoms with Crippen molar-refractivity contribution < 1.29 is 0 Å². The average molecular weight is 286 g/mol. The van der Waals surface area contributed by atoms with Gasteiger partial charge >= 0.3 is 0 Å². The highest BCUT2D eigenvalue weighted by atomic mass is 15.4. The zero-order chi connectivity index (χ0) is 15.2. The fraction of sp³-hybridized carbons (Fsp3) is 0.529. The molecule has 21 heavy (non-hydrogen) atoms. The molecule has 1 aromatic carbocycles. The highest BCUT2D eigenvalue weighted by Crippen LogP contribution is 2.17. The van der Waals surface area contributed by atoms with Crippen LogP contribution in [0.25, 0.3) is 0 Å². The molecule has 0 saturated heterocycles. The van der Waals surface area contributed by atoms with E-state index < -0.39 is 0 Å². The maximum atomic E-state index is 4.63. The van der Waals surface area contributed by atoms with Gasteiger partial charge in [-0.1, -0.05) is 50.6 Å². The maximum absolute atomic E-state index is 4.63. The maximum Gasteiger partial charge on any atom is 0.150 e. The van der Waals surface area contributed by atoms with Gasteiger partial charge in [-0.05, 0) is 19.0 Å². The lowest BCUT2D eigenvalue weighted by molar-refractivity contribution is 0.436. The summed E-state index contributed by atoms with van der Waals surface area (Å²) in [4.78, 5) is 4.59. The number of hydrogen-bond acceptors (Lipinski definition) is 3. The average Bonchev–Trinajstić information content (AvgIpc) is 2.90. The Morgan fingerprint density at radius 3 is 2.38 bits per heavy atom. The van der Waals surface area contributed by atoms with E-state index in [1.807, 2.05) is 0 Å². The van der Waals surface area contributed by atoms with Crippen LogP contribution in [-0.4, -0.2) is 21.3 Å². The smallest absolute Gasteiger partial charge is 0.150 e. The van der Waals surface area contributed by atoms with Crippen molar-refractivity contribution in [2.75, 3.05) is 6.54 Å². The predicted octanol–water partition coefficient (Wildman–Crippen LogP) is 3.06. The van der Waals surface area contributed by atoms with Gasteiger partial charge in [-0.15, -0.1) is 0 Å². The van der Waals surface area contributed by atoms with Crippen LogP contribution in [0.3, 0.4) is 0 Å². The second kappa shape index (κ2) is 7.36. The molecule has 114 valence electrons. The Morgan fingerprint density at radius 1 is 1.10 bits per heavy atom. The van der Waals surface area contributed by atoms with Gasteiger partial charge < -0.3 is 5.32 Å². The lowest BCUT2D eigenvalue weighted by Crippen LogP contribution is -2.26. The van der Waals surface area contributed by atoms with Crippen LogP contribution in [0.4, 0.5) is 0 Å². The quantitative estimate of drug-likeness (QED) is 0.850. The Hall–Kier alpha value is -1.68. The van der Waals surface area contributed by atoms with Crippen molar-refractivity contribution in [2.24, 2.45) is 0 Å². The Labute approximate surface area is 127 Å². The van der Waals surface area contributed by atoms with Gasteiger partial charge in [0, 0.05) is 12.8 Å². The summed E-state index contributed by atoms with van der Waals surface area (Å²) < 4.78 is 2.06. The first-order valence-corrected chi connectivity index (χ1v) is 7.90. The third kappa shape index (κ3) is 3.91. The molecule has 0 bridgehead atoms. The highest BCUT2D eigenvalue weighted by Gasteiger charge is 2.15. The zero-order valence-corrected chi connectivity index (χ0v) is 13.6. The molecular weight excluding hydrogens is 260 g/mol. The van der Waals surface area contributed by atoms with Gasteiger partial charge in [0.15, 0.2) is 5.82 Å². The molecule has 0 amide bonds. The van der Waals surface area contributed by atoms with Crippen LogP contribution in [0, 0.1) is 6.92 Å². The molecule has 0 aliphatic rings. The molecule has 0 spiro atoms. The summed E-state index contributed by atoms with van der Waals surface area (Å²) in [7, 11) is 0. The van der Waals surface area contributed by atoms with Crippen molar-refractivity contribution in [2.45, 2.75) is 53.1 Å². The summed E-state index contributed by atoms with van der Waals surface area (Å²) in [5, 5.41) is 8.19. The first kappa shape index (κ1) is 15.7. The van der Waals surface area contributed by atoms with Gasteiger partial charge in [0.05, 0.1) is 12.6 Å². The Morgan fingerprint density at radius 2 is 1.81 bits per heavy atom. The van der Waals surface area contributed by atoms with Crippen LogP contribution in [-0.2, 0) is 19.4 Å². The third-order valence-corrected chi connectivity index (χ3v) is 3.71. The van der Waals surface area contributed by atoms with E-state index in [1.54, 1.807) is 0 Å². The fourth-order valence-corrected chi connectivity index (χ4v) is 2.49. The minimum absolute atomic E-state index is 0.271. The summed E-state index contributed by atoms with van der Waals surface area (Å²) in [6.45, 7) is 10.3. The minimum Gasteiger partial charge on any atom is -0.309 e. The SMILES string of the molecule is CCNC(Cn1nc(CC)nc1CC)c1ccc(C)cc1. The van der Waals surface area contributed by atoms with Crippen LogP contribution in [0.15, 0.2) is 24.3 Å². The Bertz CT molecular complexity index is 557. The van der Waals surface area contributed by atoms with Crippen LogP contribution in [0.1, 0.15) is 49.6 Å². The number of nitrogens with zero attached hydrogens (tertiary/aromatic N) is 3. The van der Waals surface area contributed by atoms with E-state index in [2.05, 4.69) is 72.0 Å². The van der Waals surface area contributed by atoms with Crippen LogP contribution in [0.5, 0.6) is 0 Å². The van der Waals surface area contributed by atoms with Crippen LogP contribution < -0.4 is 5.32 Å². The number of aryl methyl sites for hydroxylation is 3. The second-order valence-electron chi connectivity index (χ2n) is 5.35.